The third-order valence-electron chi connectivity index (χ3n) is 5.93. The molecule has 4 rings (SSSR count). The lowest BCUT2D eigenvalue weighted by Gasteiger charge is -2.31. The second-order valence-corrected chi connectivity index (χ2v) is 10.7. The number of halogens is 6. The number of benzene rings is 1. The largest absolute Gasteiger partial charge is 0.511 e. The minimum atomic E-state index is -5.30. The third kappa shape index (κ3) is 6.26. The topological polar surface area (TPSA) is 105 Å². The Morgan fingerprint density at radius 2 is 1.61 bits per heavy atom. The number of aliphatic carboxylic acids is 1. The molecule has 0 unspecified atom stereocenters. The first-order valence-electron chi connectivity index (χ1n) is 11.3. The van der Waals surface area contributed by atoms with Gasteiger partial charge in [0.2, 0.25) is 0 Å². The van der Waals surface area contributed by atoms with Crippen LogP contribution in [0.3, 0.4) is 0 Å². The number of piperidine rings is 1. The lowest BCUT2D eigenvalue weighted by Crippen LogP contribution is -2.44. The number of fused-ring (bicyclic) bond motifs is 1. The summed E-state index contributed by atoms with van der Waals surface area (Å²) in [6, 6.07) is 11.7. The smallest absolute Gasteiger partial charge is 0.475 e. The van der Waals surface area contributed by atoms with Crippen LogP contribution in [0.5, 0.6) is 0 Å². The molecule has 1 aliphatic heterocycles. The number of pyridine rings is 1. The highest BCUT2D eigenvalue weighted by molar-refractivity contribution is 7.90. The molecular weight excluding hydrogens is 542 g/mol. The monoisotopic (exact) mass is 566 g/mol. The van der Waals surface area contributed by atoms with Gasteiger partial charge in [0.15, 0.2) is 0 Å². The van der Waals surface area contributed by atoms with E-state index in [-0.39, 0.29) is 37.9 Å². The number of aromatic nitrogens is 3. The maximum absolute atomic E-state index is 12.9. The van der Waals surface area contributed by atoms with Crippen LogP contribution in [0.2, 0.25) is 0 Å². The van der Waals surface area contributed by atoms with E-state index in [9.17, 15) is 34.8 Å². The van der Waals surface area contributed by atoms with Crippen molar-refractivity contribution in [3.63, 3.8) is 0 Å². The molecule has 0 aliphatic carbocycles. The number of carbonyl (C=O) groups is 1. The summed E-state index contributed by atoms with van der Waals surface area (Å²) in [7, 11) is -5.30. The molecule has 38 heavy (non-hydrogen) atoms. The fourth-order valence-corrected chi connectivity index (χ4v) is 4.99. The summed E-state index contributed by atoms with van der Waals surface area (Å²) in [4.78, 5) is 18.3. The van der Waals surface area contributed by atoms with Gasteiger partial charge in [-0.05, 0) is 32.8 Å². The zero-order valence-electron chi connectivity index (χ0n) is 20.2. The Morgan fingerprint density at radius 3 is 2.08 bits per heavy atom. The number of hydrogen-bond donors (Lipinski definition) is 1. The number of alkyl halides is 6. The SMILES string of the molecule is CC(C)n1cnc2c(-c3ccccc3)nc(C3CCN(S(=O)(=O)C(F)(F)F)CC3)cc21.O=C(O)C(F)(F)F. The maximum atomic E-state index is 12.9. The summed E-state index contributed by atoms with van der Waals surface area (Å²) >= 11 is 0. The number of nitrogens with zero attached hydrogens (tertiary/aromatic N) is 4. The van der Waals surface area contributed by atoms with Crippen LogP contribution >= 0.6 is 0 Å². The number of carboxylic acids is 1. The molecule has 1 aliphatic rings. The van der Waals surface area contributed by atoms with Gasteiger partial charge >= 0.3 is 27.7 Å². The Labute approximate surface area is 214 Å². The van der Waals surface area contributed by atoms with E-state index >= 15 is 0 Å². The van der Waals surface area contributed by atoms with Crippen molar-refractivity contribution in [2.45, 2.75) is 50.3 Å². The fourth-order valence-electron chi connectivity index (χ4n) is 4.01. The Kier molecular flexibility index (Phi) is 8.41. The van der Waals surface area contributed by atoms with Crippen molar-refractivity contribution >= 4 is 27.0 Å². The van der Waals surface area contributed by atoms with Gasteiger partial charge in [0.1, 0.15) is 5.52 Å². The summed E-state index contributed by atoms with van der Waals surface area (Å²) in [6.45, 7) is 3.72. The molecule has 3 aromatic rings. The summed E-state index contributed by atoms with van der Waals surface area (Å²) in [5.41, 5.74) is -1.23. The molecule has 0 spiro atoms. The van der Waals surface area contributed by atoms with E-state index in [1.165, 1.54) is 0 Å². The molecule has 1 N–H and O–H groups in total. The molecule has 0 amide bonds. The van der Waals surface area contributed by atoms with Gasteiger partial charge in [0, 0.05) is 36.3 Å². The van der Waals surface area contributed by atoms with Crippen molar-refractivity contribution in [3.8, 4) is 11.3 Å². The van der Waals surface area contributed by atoms with Crippen LogP contribution in [0.1, 0.15) is 44.3 Å². The van der Waals surface area contributed by atoms with Crippen LogP contribution in [-0.2, 0) is 14.8 Å². The number of imidazole rings is 1. The first-order valence-corrected chi connectivity index (χ1v) is 12.8. The van der Waals surface area contributed by atoms with E-state index < -0.39 is 27.7 Å². The van der Waals surface area contributed by atoms with Gasteiger partial charge in [-0.3, -0.25) is 4.98 Å². The molecule has 15 heteroatoms. The quantitative estimate of drug-likeness (QED) is 0.428. The van der Waals surface area contributed by atoms with Gasteiger partial charge in [0.05, 0.1) is 17.5 Å². The van der Waals surface area contributed by atoms with Crippen molar-refractivity contribution in [1.82, 2.24) is 18.8 Å². The van der Waals surface area contributed by atoms with E-state index in [0.717, 1.165) is 28.0 Å². The van der Waals surface area contributed by atoms with Gasteiger partial charge in [-0.25, -0.2) is 18.2 Å². The van der Waals surface area contributed by atoms with Gasteiger partial charge in [0.25, 0.3) is 0 Å². The molecule has 1 aromatic carbocycles. The lowest BCUT2D eigenvalue weighted by molar-refractivity contribution is -0.192. The zero-order valence-corrected chi connectivity index (χ0v) is 21.0. The van der Waals surface area contributed by atoms with E-state index in [1.807, 2.05) is 54.8 Å². The average Bonchev–Trinajstić information content (AvgIpc) is 3.27. The predicted octanol–water partition coefficient (Wildman–Crippen LogP) is 5.34. The Balaban J connectivity index is 0.000000505. The standard InChI is InChI=1S/C21H23F3N4O2S.C2HF3O2/c1-14(2)28-13-25-20-18(28)12-17(26-19(20)16-6-4-3-5-7-16)15-8-10-27(11-9-15)31(29,30)21(22,23)24;3-2(4,5)1(6)7/h3-7,12-15H,8-11H2,1-2H3;(H,6,7). The van der Waals surface area contributed by atoms with Crippen LogP contribution in [-0.4, -0.2) is 63.1 Å². The number of carboxylic acid groups (broad SMARTS) is 1. The second-order valence-electron chi connectivity index (χ2n) is 8.80. The van der Waals surface area contributed by atoms with E-state index in [4.69, 9.17) is 14.9 Å². The average molecular weight is 567 g/mol. The van der Waals surface area contributed by atoms with Gasteiger partial charge in [-0.2, -0.15) is 30.6 Å². The van der Waals surface area contributed by atoms with Crippen LogP contribution in [0.25, 0.3) is 22.3 Å². The highest BCUT2D eigenvalue weighted by Crippen LogP contribution is 2.36. The number of sulfonamides is 1. The Hall–Kier alpha value is -3.20. The predicted molar refractivity (Wildman–Crippen MR) is 126 cm³/mol. The highest BCUT2D eigenvalue weighted by atomic mass is 32.2. The highest BCUT2D eigenvalue weighted by Gasteiger charge is 2.50. The van der Waals surface area contributed by atoms with E-state index in [0.29, 0.717) is 4.31 Å². The molecule has 0 saturated carbocycles. The minimum absolute atomic E-state index is 0.137. The molecule has 0 bridgehead atoms. The van der Waals surface area contributed by atoms with Crippen molar-refractivity contribution in [2.24, 2.45) is 0 Å². The normalized spacial score (nSPS) is 15.9. The molecule has 0 radical (unpaired) electrons. The van der Waals surface area contributed by atoms with Crippen molar-refractivity contribution < 1.29 is 44.7 Å². The molecule has 3 heterocycles. The van der Waals surface area contributed by atoms with E-state index in [2.05, 4.69) is 4.98 Å². The van der Waals surface area contributed by atoms with Crippen LogP contribution in [0.15, 0.2) is 42.7 Å². The molecular formula is C23H24F6N4O4S. The Bertz CT molecular complexity index is 1380. The van der Waals surface area contributed by atoms with Crippen LogP contribution < -0.4 is 0 Å². The van der Waals surface area contributed by atoms with Gasteiger partial charge < -0.3 is 9.67 Å². The first kappa shape index (κ1) is 29.4. The number of rotatable bonds is 4. The van der Waals surface area contributed by atoms with Gasteiger partial charge in [-0.15, -0.1) is 0 Å². The summed E-state index contributed by atoms with van der Waals surface area (Å²) in [5.74, 6) is -2.89. The first-order chi connectivity index (χ1) is 17.5. The third-order valence-corrected chi connectivity index (χ3v) is 7.56. The van der Waals surface area contributed by atoms with Crippen molar-refractivity contribution in [1.29, 1.82) is 0 Å². The van der Waals surface area contributed by atoms with Crippen molar-refractivity contribution in [2.75, 3.05) is 13.1 Å². The second kappa shape index (κ2) is 10.9. The molecule has 1 fully saturated rings. The molecule has 1 saturated heterocycles. The maximum Gasteiger partial charge on any atom is 0.511 e. The fraction of sp³-hybridized carbons (Fsp3) is 0.435. The van der Waals surface area contributed by atoms with Crippen molar-refractivity contribution in [3.05, 3.63) is 48.4 Å². The van der Waals surface area contributed by atoms with Crippen LogP contribution in [0.4, 0.5) is 26.3 Å². The van der Waals surface area contributed by atoms with Crippen LogP contribution in [0, 0.1) is 0 Å². The minimum Gasteiger partial charge on any atom is -0.475 e. The molecule has 2 aromatic heterocycles. The number of hydrogen-bond acceptors (Lipinski definition) is 5. The molecule has 0 atom stereocenters. The zero-order chi connectivity index (χ0) is 28.5. The summed E-state index contributed by atoms with van der Waals surface area (Å²) in [6.07, 6.45) is -2.76. The lowest BCUT2D eigenvalue weighted by atomic mass is 9.93. The summed E-state index contributed by atoms with van der Waals surface area (Å²) < 4.78 is 96.4. The van der Waals surface area contributed by atoms with E-state index in [1.54, 1.807) is 6.33 Å². The Morgan fingerprint density at radius 1 is 1.05 bits per heavy atom. The molecule has 208 valence electrons. The summed E-state index contributed by atoms with van der Waals surface area (Å²) in [5, 5.41) is 7.12. The van der Waals surface area contributed by atoms with Gasteiger partial charge in [-0.1, -0.05) is 30.3 Å². The molecule has 8 nitrogen and oxygen atoms in total.